The van der Waals surface area contributed by atoms with Gasteiger partial charge in [0.05, 0.1) is 15.7 Å². The molecule has 4 N–H and O–H groups in total. The number of Topliss-reactive ketones (excluding diaryl/α,β-unsaturated/α-hetero) is 2. The van der Waals surface area contributed by atoms with Crippen molar-refractivity contribution in [2.24, 2.45) is 10.2 Å². The number of benzene rings is 2. The Hall–Kier alpha value is -2.44. The highest BCUT2D eigenvalue weighted by molar-refractivity contribution is 6.42. The summed E-state index contributed by atoms with van der Waals surface area (Å²) in [4.78, 5) is 24.3. The van der Waals surface area contributed by atoms with Gasteiger partial charge in [0, 0.05) is 16.9 Å². The van der Waals surface area contributed by atoms with Crippen LogP contribution >= 0.6 is 23.2 Å². The number of halogens is 2. The molecule has 0 aliphatic rings. The van der Waals surface area contributed by atoms with Gasteiger partial charge in [-0.15, -0.1) is 0 Å². The number of ketones is 2. The number of nitrogen functional groups attached to an aromatic ring is 2. The third kappa shape index (κ3) is 4.10. The Morgan fingerprint density at radius 1 is 1.04 bits per heavy atom. The van der Waals surface area contributed by atoms with Gasteiger partial charge in [0.2, 0.25) is 0 Å². The number of anilines is 2. The highest BCUT2D eigenvalue weighted by Gasteiger charge is 2.26. The summed E-state index contributed by atoms with van der Waals surface area (Å²) in [5.74, 6) is -1.04. The lowest BCUT2D eigenvalue weighted by Gasteiger charge is -2.10. The lowest BCUT2D eigenvalue weighted by atomic mass is 10.00. The summed E-state index contributed by atoms with van der Waals surface area (Å²) in [6.07, 6.45) is 0. The zero-order valence-electron chi connectivity index (χ0n) is 12.7. The zero-order chi connectivity index (χ0) is 17.9. The van der Waals surface area contributed by atoms with Crippen molar-refractivity contribution in [2.45, 2.75) is 13.0 Å². The highest BCUT2D eigenvalue weighted by Crippen LogP contribution is 2.27. The molecule has 0 radical (unpaired) electrons. The number of nitrogens with two attached hydrogens (primary N) is 2. The molecule has 0 fully saturated rings. The molecule has 0 spiro atoms. The number of azo groups is 1. The maximum absolute atomic E-state index is 12.5. The second-order valence-electron chi connectivity index (χ2n) is 5.04. The van der Waals surface area contributed by atoms with Crippen LogP contribution in [0.3, 0.4) is 0 Å². The topological polar surface area (TPSA) is 111 Å². The van der Waals surface area contributed by atoms with Crippen molar-refractivity contribution in [3.63, 3.8) is 0 Å². The molecule has 0 aliphatic carbocycles. The van der Waals surface area contributed by atoms with Crippen molar-refractivity contribution in [1.29, 1.82) is 0 Å². The number of nitrogens with zero attached hydrogens (tertiary/aromatic N) is 2. The summed E-state index contributed by atoms with van der Waals surface area (Å²) >= 11 is 11.7. The Bertz CT molecular complexity index is 837. The van der Waals surface area contributed by atoms with E-state index in [2.05, 4.69) is 10.2 Å². The summed E-state index contributed by atoms with van der Waals surface area (Å²) in [6, 6.07) is 7.73. The van der Waals surface area contributed by atoms with Crippen molar-refractivity contribution in [1.82, 2.24) is 0 Å². The van der Waals surface area contributed by atoms with Gasteiger partial charge in [0.1, 0.15) is 0 Å². The van der Waals surface area contributed by atoms with E-state index < -0.39 is 17.6 Å². The summed E-state index contributed by atoms with van der Waals surface area (Å²) in [7, 11) is 0. The van der Waals surface area contributed by atoms with Crippen LogP contribution in [-0.2, 0) is 4.79 Å². The van der Waals surface area contributed by atoms with E-state index in [1.165, 1.54) is 25.1 Å². The van der Waals surface area contributed by atoms with E-state index in [4.69, 9.17) is 34.7 Å². The molecule has 8 heteroatoms. The van der Waals surface area contributed by atoms with Gasteiger partial charge in [-0.2, -0.15) is 10.2 Å². The van der Waals surface area contributed by atoms with Crippen molar-refractivity contribution < 1.29 is 9.59 Å². The van der Waals surface area contributed by atoms with Gasteiger partial charge in [-0.25, -0.2) is 0 Å². The van der Waals surface area contributed by atoms with Crippen LogP contribution in [0.15, 0.2) is 46.6 Å². The van der Waals surface area contributed by atoms with E-state index in [0.717, 1.165) is 0 Å². The molecule has 0 saturated carbocycles. The second-order valence-corrected chi connectivity index (χ2v) is 5.85. The number of carbonyl (C=O) groups excluding carboxylic acids is 2. The lowest BCUT2D eigenvalue weighted by molar-refractivity contribution is -0.117. The SMILES string of the molecule is CC(=O)C(N=Nc1ccc(Cl)c(Cl)c1)C(=O)c1cc(N)ccc1N. The van der Waals surface area contributed by atoms with Crippen LogP contribution in [0.4, 0.5) is 17.1 Å². The number of hydrogen-bond donors (Lipinski definition) is 2. The molecule has 2 aromatic rings. The van der Waals surface area contributed by atoms with Gasteiger partial charge >= 0.3 is 0 Å². The van der Waals surface area contributed by atoms with Gasteiger partial charge in [0.15, 0.2) is 17.6 Å². The fourth-order valence-corrected chi connectivity index (χ4v) is 2.22. The van der Waals surface area contributed by atoms with Gasteiger partial charge in [-0.05, 0) is 43.3 Å². The first-order chi connectivity index (χ1) is 11.3. The summed E-state index contributed by atoms with van der Waals surface area (Å²) in [5, 5.41) is 8.39. The molecule has 0 saturated heterocycles. The van der Waals surface area contributed by atoms with Gasteiger partial charge in [-0.3, -0.25) is 9.59 Å². The Morgan fingerprint density at radius 2 is 1.75 bits per heavy atom. The van der Waals surface area contributed by atoms with Crippen molar-refractivity contribution in [2.75, 3.05) is 11.5 Å². The first-order valence-electron chi connectivity index (χ1n) is 6.85. The Labute approximate surface area is 148 Å². The summed E-state index contributed by atoms with van der Waals surface area (Å²) in [6.45, 7) is 1.25. The maximum Gasteiger partial charge on any atom is 0.198 e. The predicted octanol–water partition coefficient (Wildman–Crippen LogP) is 4.08. The molecule has 24 heavy (non-hydrogen) atoms. The van der Waals surface area contributed by atoms with E-state index in [9.17, 15) is 9.59 Å². The van der Waals surface area contributed by atoms with Crippen molar-refractivity contribution in [3.05, 3.63) is 52.0 Å². The van der Waals surface area contributed by atoms with E-state index >= 15 is 0 Å². The molecule has 0 aromatic heterocycles. The molecular weight excluding hydrogens is 351 g/mol. The molecule has 0 heterocycles. The minimum atomic E-state index is -1.32. The Morgan fingerprint density at radius 3 is 2.38 bits per heavy atom. The molecule has 1 atom stereocenters. The average molecular weight is 365 g/mol. The highest BCUT2D eigenvalue weighted by atomic mass is 35.5. The Kier molecular flexibility index (Phi) is 5.54. The number of rotatable bonds is 5. The zero-order valence-corrected chi connectivity index (χ0v) is 14.2. The van der Waals surface area contributed by atoms with Crippen LogP contribution in [0.1, 0.15) is 17.3 Å². The van der Waals surface area contributed by atoms with Crippen molar-refractivity contribution >= 4 is 51.8 Å². The van der Waals surface area contributed by atoms with E-state index in [1.807, 2.05) is 0 Å². The van der Waals surface area contributed by atoms with Crippen LogP contribution in [0.25, 0.3) is 0 Å². The quantitative estimate of drug-likeness (QED) is 0.360. The first kappa shape index (κ1) is 17.9. The molecule has 0 aliphatic heterocycles. The summed E-state index contributed by atoms with van der Waals surface area (Å²) in [5.41, 5.74) is 12.5. The normalized spacial score (nSPS) is 12.3. The molecule has 124 valence electrons. The minimum Gasteiger partial charge on any atom is -0.399 e. The Balaban J connectivity index is 2.33. The third-order valence-corrected chi connectivity index (χ3v) is 3.91. The van der Waals surface area contributed by atoms with E-state index in [1.54, 1.807) is 18.2 Å². The van der Waals surface area contributed by atoms with Crippen LogP contribution in [-0.4, -0.2) is 17.6 Å². The summed E-state index contributed by atoms with van der Waals surface area (Å²) < 4.78 is 0. The number of hydrogen-bond acceptors (Lipinski definition) is 6. The molecule has 0 amide bonds. The van der Waals surface area contributed by atoms with Gasteiger partial charge in [-0.1, -0.05) is 23.2 Å². The minimum absolute atomic E-state index is 0.128. The van der Waals surface area contributed by atoms with Crippen LogP contribution in [0.2, 0.25) is 10.0 Å². The third-order valence-electron chi connectivity index (χ3n) is 3.17. The second kappa shape index (κ2) is 7.42. The molecule has 2 aromatic carbocycles. The van der Waals surface area contributed by atoms with Crippen LogP contribution in [0.5, 0.6) is 0 Å². The first-order valence-corrected chi connectivity index (χ1v) is 7.60. The standard InChI is InChI=1S/C16H14Cl2N4O2/c1-8(23)15(16(24)11-6-9(19)2-5-14(11)20)22-21-10-3-4-12(17)13(18)7-10/h2-7,15H,19-20H2,1H3. The predicted molar refractivity (Wildman–Crippen MR) is 95.0 cm³/mol. The van der Waals surface area contributed by atoms with E-state index in [-0.39, 0.29) is 11.3 Å². The van der Waals surface area contributed by atoms with Gasteiger partial charge in [0.25, 0.3) is 0 Å². The fraction of sp³-hybridized carbons (Fsp3) is 0.125. The maximum atomic E-state index is 12.5. The van der Waals surface area contributed by atoms with Crippen molar-refractivity contribution in [3.8, 4) is 0 Å². The average Bonchev–Trinajstić information content (AvgIpc) is 2.52. The monoisotopic (exact) mass is 364 g/mol. The molecule has 0 bridgehead atoms. The molecule has 1 unspecified atom stereocenters. The number of carbonyl (C=O) groups is 2. The molecule has 2 rings (SSSR count). The smallest absolute Gasteiger partial charge is 0.198 e. The van der Waals surface area contributed by atoms with Crippen LogP contribution in [0, 0.1) is 0 Å². The molecule has 6 nitrogen and oxygen atoms in total. The lowest BCUT2D eigenvalue weighted by Crippen LogP contribution is -2.27. The fourth-order valence-electron chi connectivity index (χ4n) is 1.92. The van der Waals surface area contributed by atoms with Crippen LogP contribution < -0.4 is 11.5 Å². The molecular formula is C16H14Cl2N4O2. The van der Waals surface area contributed by atoms with E-state index in [0.29, 0.717) is 21.4 Å². The van der Waals surface area contributed by atoms with Gasteiger partial charge < -0.3 is 11.5 Å². The largest absolute Gasteiger partial charge is 0.399 e.